The molecule has 0 aliphatic heterocycles. The quantitative estimate of drug-likeness (QED) is 0.460. The van der Waals surface area contributed by atoms with Crippen LogP contribution < -0.4 is 10.6 Å². The molecule has 0 spiro atoms. The summed E-state index contributed by atoms with van der Waals surface area (Å²) in [5, 5.41) is 10.8. The van der Waals surface area contributed by atoms with Crippen molar-refractivity contribution >= 4 is 41.3 Å². The molecule has 0 atom stereocenters. The Labute approximate surface area is 140 Å². The standard InChI is InChI=1S/C14H18N4S.HI/c1-15-14(18-10-12-6-9-19-11-12)17-8-5-13-4-2-3-7-16-13;/h2-4,6-7,9,11H,5,8,10H2,1H3,(H2,15,17,18);1H. The lowest BCUT2D eigenvalue weighted by Crippen LogP contribution is -2.37. The van der Waals surface area contributed by atoms with E-state index in [1.165, 1.54) is 5.56 Å². The number of halogens is 1. The zero-order valence-electron chi connectivity index (χ0n) is 11.4. The van der Waals surface area contributed by atoms with Crippen LogP contribution in [0.15, 0.2) is 46.2 Å². The third-order valence-electron chi connectivity index (χ3n) is 2.66. The van der Waals surface area contributed by atoms with Crippen molar-refractivity contribution in [2.75, 3.05) is 13.6 Å². The van der Waals surface area contributed by atoms with Gasteiger partial charge in [-0.3, -0.25) is 9.98 Å². The fourth-order valence-electron chi connectivity index (χ4n) is 1.65. The Balaban J connectivity index is 0.00000200. The minimum Gasteiger partial charge on any atom is -0.356 e. The Morgan fingerprint density at radius 1 is 1.30 bits per heavy atom. The van der Waals surface area contributed by atoms with Crippen LogP contribution in [0.25, 0.3) is 0 Å². The van der Waals surface area contributed by atoms with E-state index in [-0.39, 0.29) is 24.0 Å². The van der Waals surface area contributed by atoms with Crippen LogP contribution in [0.5, 0.6) is 0 Å². The van der Waals surface area contributed by atoms with Crippen LogP contribution in [0.3, 0.4) is 0 Å². The molecule has 20 heavy (non-hydrogen) atoms. The van der Waals surface area contributed by atoms with Crippen LogP contribution in [0.2, 0.25) is 0 Å². The summed E-state index contributed by atoms with van der Waals surface area (Å²) in [6.07, 6.45) is 2.71. The van der Waals surface area contributed by atoms with Gasteiger partial charge in [0.2, 0.25) is 0 Å². The molecule has 2 N–H and O–H groups in total. The molecule has 0 bridgehead atoms. The van der Waals surface area contributed by atoms with Crippen LogP contribution in [-0.4, -0.2) is 24.5 Å². The van der Waals surface area contributed by atoms with Crippen molar-refractivity contribution in [3.05, 3.63) is 52.5 Å². The molecule has 0 amide bonds. The molecule has 0 radical (unpaired) electrons. The van der Waals surface area contributed by atoms with Crippen molar-refractivity contribution in [3.8, 4) is 0 Å². The molecule has 0 aromatic carbocycles. The highest BCUT2D eigenvalue weighted by atomic mass is 127. The number of pyridine rings is 1. The molecule has 2 rings (SSSR count). The third kappa shape index (κ3) is 5.87. The van der Waals surface area contributed by atoms with E-state index in [0.29, 0.717) is 0 Å². The van der Waals surface area contributed by atoms with E-state index in [4.69, 9.17) is 0 Å². The number of rotatable bonds is 5. The number of aromatic nitrogens is 1. The highest BCUT2D eigenvalue weighted by Gasteiger charge is 1.99. The monoisotopic (exact) mass is 402 g/mol. The minimum atomic E-state index is 0. The molecule has 6 heteroatoms. The molecule has 0 saturated carbocycles. The van der Waals surface area contributed by atoms with Crippen molar-refractivity contribution in [3.63, 3.8) is 0 Å². The first kappa shape index (κ1) is 16.9. The summed E-state index contributed by atoms with van der Waals surface area (Å²) in [6.45, 7) is 1.62. The number of nitrogens with one attached hydrogen (secondary N) is 2. The molecule has 2 aromatic heterocycles. The molecule has 0 aliphatic rings. The van der Waals surface area contributed by atoms with Gasteiger partial charge >= 0.3 is 0 Å². The number of hydrogen-bond donors (Lipinski definition) is 2. The summed E-state index contributed by atoms with van der Waals surface area (Å²) in [5.41, 5.74) is 2.36. The molecule has 108 valence electrons. The van der Waals surface area contributed by atoms with Crippen LogP contribution in [0.1, 0.15) is 11.3 Å². The van der Waals surface area contributed by atoms with Gasteiger partial charge in [-0.05, 0) is 34.5 Å². The molecule has 4 nitrogen and oxygen atoms in total. The van der Waals surface area contributed by atoms with Gasteiger partial charge in [0.1, 0.15) is 0 Å². The van der Waals surface area contributed by atoms with E-state index in [1.807, 2.05) is 24.4 Å². The van der Waals surface area contributed by atoms with Crippen LogP contribution >= 0.6 is 35.3 Å². The lowest BCUT2D eigenvalue weighted by Gasteiger charge is -2.10. The maximum atomic E-state index is 4.29. The lowest BCUT2D eigenvalue weighted by atomic mass is 10.3. The van der Waals surface area contributed by atoms with Crippen LogP contribution in [-0.2, 0) is 13.0 Å². The summed E-state index contributed by atoms with van der Waals surface area (Å²) in [7, 11) is 1.78. The van der Waals surface area contributed by atoms with Gasteiger partial charge in [0.15, 0.2) is 5.96 Å². The fourth-order valence-corrected chi connectivity index (χ4v) is 2.32. The first-order valence-electron chi connectivity index (χ1n) is 6.24. The summed E-state index contributed by atoms with van der Waals surface area (Å²) in [6, 6.07) is 8.08. The SMILES string of the molecule is CN=C(NCCc1ccccn1)NCc1ccsc1.I. The molecule has 0 fully saturated rings. The molecule has 0 saturated heterocycles. The van der Waals surface area contributed by atoms with Gasteiger partial charge in [0.05, 0.1) is 0 Å². The third-order valence-corrected chi connectivity index (χ3v) is 3.40. The van der Waals surface area contributed by atoms with E-state index < -0.39 is 0 Å². The topological polar surface area (TPSA) is 49.3 Å². The Bertz CT molecular complexity index is 499. The van der Waals surface area contributed by atoms with Crippen molar-refractivity contribution in [1.82, 2.24) is 15.6 Å². The average Bonchev–Trinajstić information content (AvgIpc) is 2.97. The maximum Gasteiger partial charge on any atom is 0.191 e. The molecular weight excluding hydrogens is 383 g/mol. The second-order valence-electron chi connectivity index (χ2n) is 4.06. The Kier molecular flexibility index (Phi) is 8.20. The molecule has 2 aromatic rings. The Morgan fingerprint density at radius 3 is 2.85 bits per heavy atom. The number of guanidine groups is 1. The Hall–Kier alpha value is -1.15. The zero-order valence-corrected chi connectivity index (χ0v) is 14.5. The first-order valence-corrected chi connectivity index (χ1v) is 7.18. The number of thiophene rings is 1. The van der Waals surface area contributed by atoms with Gasteiger partial charge in [-0.25, -0.2) is 0 Å². The summed E-state index contributed by atoms with van der Waals surface area (Å²) >= 11 is 1.71. The van der Waals surface area contributed by atoms with Gasteiger partial charge in [0.25, 0.3) is 0 Å². The first-order chi connectivity index (χ1) is 9.38. The van der Waals surface area contributed by atoms with Crippen molar-refractivity contribution in [1.29, 1.82) is 0 Å². The molecular formula is C14H19IN4S. The lowest BCUT2D eigenvalue weighted by molar-refractivity contribution is 0.785. The van der Waals surface area contributed by atoms with Crippen molar-refractivity contribution in [2.24, 2.45) is 4.99 Å². The minimum absolute atomic E-state index is 0. The second kappa shape index (κ2) is 9.71. The maximum absolute atomic E-state index is 4.29. The number of hydrogen-bond acceptors (Lipinski definition) is 3. The van der Waals surface area contributed by atoms with Gasteiger partial charge in [0, 0.05) is 38.4 Å². The average molecular weight is 402 g/mol. The smallest absolute Gasteiger partial charge is 0.191 e. The van der Waals surface area contributed by atoms with E-state index in [1.54, 1.807) is 18.4 Å². The van der Waals surface area contributed by atoms with E-state index in [9.17, 15) is 0 Å². The number of nitrogens with zero attached hydrogens (tertiary/aromatic N) is 2. The van der Waals surface area contributed by atoms with Crippen molar-refractivity contribution < 1.29 is 0 Å². The Morgan fingerprint density at radius 2 is 2.20 bits per heavy atom. The summed E-state index contributed by atoms with van der Waals surface area (Å²) < 4.78 is 0. The van der Waals surface area contributed by atoms with E-state index in [2.05, 4.69) is 37.4 Å². The zero-order chi connectivity index (χ0) is 13.3. The summed E-state index contributed by atoms with van der Waals surface area (Å²) in [5.74, 6) is 0.821. The fraction of sp³-hybridized carbons (Fsp3) is 0.286. The molecule has 0 unspecified atom stereocenters. The largest absolute Gasteiger partial charge is 0.356 e. The van der Waals surface area contributed by atoms with Gasteiger partial charge in [-0.1, -0.05) is 6.07 Å². The highest BCUT2D eigenvalue weighted by Crippen LogP contribution is 2.04. The number of aliphatic imine (C=N–C) groups is 1. The van der Waals surface area contributed by atoms with Gasteiger partial charge in [-0.2, -0.15) is 11.3 Å². The van der Waals surface area contributed by atoms with Crippen LogP contribution in [0.4, 0.5) is 0 Å². The van der Waals surface area contributed by atoms with Crippen LogP contribution in [0, 0.1) is 0 Å². The van der Waals surface area contributed by atoms with E-state index >= 15 is 0 Å². The molecule has 2 heterocycles. The van der Waals surface area contributed by atoms with Crippen molar-refractivity contribution in [2.45, 2.75) is 13.0 Å². The molecule has 0 aliphatic carbocycles. The van der Waals surface area contributed by atoms with Gasteiger partial charge in [-0.15, -0.1) is 24.0 Å². The predicted molar refractivity (Wildman–Crippen MR) is 95.9 cm³/mol. The van der Waals surface area contributed by atoms with Gasteiger partial charge < -0.3 is 10.6 Å². The summed E-state index contributed by atoms with van der Waals surface area (Å²) in [4.78, 5) is 8.49. The second-order valence-corrected chi connectivity index (χ2v) is 4.84. The normalized spacial score (nSPS) is 10.8. The highest BCUT2D eigenvalue weighted by molar-refractivity contribution is 14.0. The predicted octanol–water partition coefficient (Wildman–Crippen LogP) is 2.67. The van der Waals surface area contributed by atoms with E-state index in [0.717, 1.165) is 31.2 Å².